The third-order valence-corrected chi connectivity index (χ3v) is 5.09. The van der Waals surface area contributed by atoms with Crippen LogP contribution in [-0.4, -0.2) is 33.0 Å². The Morgan fingerprint density at radius 1 is 1.43 bits per heavy atom. The molecule has 23 heavy (non-hydrogen) atoms. The topological polar surface area (TPSA) is 76.3 Å². The first-order valence-corrected chi connectivity index (χ1v) is 8.27. The summed E-state index contributed by atoms with van der Waals surface area (Å²) in [5.74, 6) is 0.583. The summed E-state index contributed by atoms with van der Waals surface area (Å²) in [6, 6.07) is 7.66. The number of benzene rings is 1. The lowest BCUT2D eigenvalue weighted by molar-refractivity contribution is -0.384. The number of nitro benzene ring substituents is 1. The monoisotopic (exact) mass is 349 g/mol. The van der Waals surface area contributed by atoms with E-state index in [1.807, 2.05) is 12.1 Å². The summed E-state index contributed by atoms with van der Waals surface area (Å²) in [5, 5.41) is 10.7. The smallest absolute Gasteiger partial charge is 0.270 e. The maximum Gasteiger partial charge on any atom is 0.270 e. The predicted octanol–water partition coefficient (Wildman–Crippen LogP) is 3.53. The Kier molecular flexibility index (Phi) is 4.49. The summed E-state index contributed by atoms with van der Waals surface area (Å²) in [6.07, 6.45) is 3.42. The minimum absolute atomic E-state index is 0.0889. The average Bonchev–Trinajstić information content (AvgIpc) is 3.04. The van der Waals surface area contributed by atoms with Crippen molar-refractivity contribution in [3.8, 4) is 0 Å². The van der Waals surface area contributed by atoms with E-state index in [1.165, 1.54) is 18.2 Å². The SMILES string of the molecule is O=C(c1ccc([N+](=O)[O-])cc1Cl)N1CCS[C@H]1c1cccnc1. The van der Waals surface area contributed by atoms with Crippen molar-refractivity contribution in [3.05, 3.63) is 69.0 Å². The van der Waals surface area contributed by atoms with Gasteiger partial charge in [-0.3, -0.25) is 19.9 Å². The molecule has 1 aliphatic rings. The van der Waals surface area contributed by atoms with Crippen molar-refractivity contribution >= 4 is 35.0 Å². The molecule has 0 unspecified atom stereocenters. The van der Waals surface area contributed by atoms with Gasteiger partial charge in [0.15, 0.2) is 0 Å². The number of nitrogens with zero attached hydrogens (tertiary/aromatic N) is 3. The first-order valence-electron chi connectivity index (χ1n) is 6.84. The van der Waals surface area contributed by atoms with Crippen LogP contribution in [0.1, 0.15) is 21.3 Å². The van der Waals surface area contributed by atoms with Gasteiger partial charge in [0.1, 0.15) is 5.37 Å². The second-order valence-electron chi connectivity index (χ2n) is 4.93. The maximum atomic E-state index is 12.8. The van der Waals surface area contributed by atoms with Crippen LogP contribution in [0.2, 0.25) is 5.02 Å². The van der Waals surface area contributed by atoms with E-state index in [-0.39, 0.29) is 27.6 Å². The van der Waals surface area contributed by atoms with Gasteiger partial charge in [-0.25, -0.2) is 0 Å². The van der Waals surface area contributed by atoms with E-state index in [0.717, 1.165) is 11.3 Å². The minimum Gasteiger partial charge on any atom is -0.322 e. The fourth-order valence-corrected chi connectivity index (χ4v) is 3.92. The third-order valence-electron chi connectivity index (χ3n) is 3.52. The van der Waals surface area contributed by atoms with Crippen LogP contribution < -0.4 is 0 Å². The standard InChI is InChI=1S/C15H12ClN3O3S/c16-13-8-11(19(21)22)3-4-12(13)14(20)18-6-7-23-15(18)10-2-1-5-17-9-10/h1-5,8-9,15H,6-7H2/t15-/m0/s1. The molecule has 2 heterocycles. The molecule has 0 aliphatic carbocycles. The number of non-ortho nitro benzene ring substituents is 1. The Morgan fingerprint density at radius 3 is 2.91 bits per heavy atom. The van der Waals surface area contributed by atoms with E-state index in [9.17, 15) is 14.9 Å². The minimum atomic E-state index is -0.537. The lowest BCUT2D eigenvalue weighted by Crippen LogP contribution is -2.30. The molecule has 118 valence electrons. The summed E-state index contributed by atoms with van der Waals surface area (Å²) < 4.78 is 0. The van der Waals surface area contributed by atoms with Gasteiger partial charge in [-0.2, -0.15) is 0 Å². The number of hydrogen-bond donors (Lipinski definition) is 0. The molecule has 8 heteroatoms. The number of halogens is 1. The second kappa shape index (κ2) is 6.55. The van der Waals surface area contributed by atoms with E-state index < -0.39 is 4.92 Å². The van der Waals surface area contributed by atoms with Crippen LogP contribution in [0.4, 0.5) is 5.69 Å². The molecule has 0 radical (unpaired) electrons. The van der Waals surface area contributed by atoms with E-state index in [0.29, 0.717) is 6.54 Å². The van der Waals surface area contributed by atoms with E-state index in [1.54, 1.807) is 29.1 Å². The third kappa shape index (κ3) is 3.16. The van der Waals surface area contributed by atoms with E-state index in [2.05, 4.69) is 4.98 Å². The Hall–Kier alpha value is -2.12. The maximum absolute atomic E-state index is 12.8. The molecule has 1 fully saturated rings. The molecule has 1 saturated heterocycles. The van der Waals surface area contributed by atoms with Crippen molar-refractivity contribution < 1.29 is 9.72 Å². The Morgan fingerprint density at radius 2 is 2.26 bits per heavy atom. The quantitative estimate of drug-likeness (QED) is 0.625. The van der Waals surface area contributed by atoms with Crippen LogP contribution in [-0.2, 0) is 0 Å². The second-order valence-corrected chi connectivity index (χ2v) is 6.52. The molecule has 1 aromatic carbocycles. The van der Waals surface area contributed by atoms with Crippen molar-refractivity contribution in [1.82, 2.24) is 9.88 Å². The number of hydrogen-bond acceptors (Lipinski definition) is 5. The Bertz CT molecular complexity index is 757. The number of carbonyl (C=O) groups excluding carboxylic acids is 1. The lowest BCUT2D eigenvalue weighted by Gasteiger charge is -2.24. The summed E-state index contributed by atoms with van der Waals surface area (Å²) in [5.41, 5.74) is 1.08. The van der Waals surface area contributed by atoms with Crippen molar-refractivity contribution in [1.29, 1.82) is 0 Å². The first kappa shape index (κ1) is 15.8. The van der Waals surface area contributed by atoms with E-state index >= 15 is 0 Å². The van der Waals surface area contributed by atoms with Gasteiger partial charge in [0.2, 0.25) is 0 Å². The fraction of sp³-hybridized carbons (Fsp3) is 0.200. The molecule has 0 N–H and O–H groups in total. The lowest BCUT2D eigenvalue weighted by atomic mass is 10.1. The van der Waals surface area contributed by atoms with Gasteiger partial charge in [-0.15, -0.1) is 11.8 Å². The summed E-state index contributed by atoms with van der Waals surface area (Å²) >= 11 is 7.72. The molecule has 1 aliphatic heterocycles. The first-order chi connectivity index (χ1) is 11.1. The normalized spacial score (nSPS) is 17.3. The highest BCUT2D eigenvalue weighted by Gasteiger charge is 2.32. The molecule has 2 aromatic rings. The molecule has 1 amide bonds. The number of aromatic nitrogens is 1. The highest BCUT2D eigenvalue weighted by atomic mass is 35.5. The molecule has 0 spiro atoms. The Balaban J connectivity index is 1.89. The van der Waals surface area contributed by atoms with Gasteiger partial charge in [-0.1, -0.05) is 17.7 Å². The van der Waals surface area contributed by atoms with Crippen LogP contribution in [0.15, 0.2) is 42.7 Å². The largest absolute Gasteiger partial charge is 0.322 e. The van der Waals surface area contributed by atoms with Crippen LogP contribution in [0.3, 0.4) is 0 Å². The van der Waals surface area contributed by atoms with Crippen molar-refractivity contribution in [2.75, 3.05) is 12.3 Å². The van der Waals surface area contributed by atoms with Crippen molar-refractivity contribution in [2.45, 2.75) is 5.37 Å². The number of rotatable bonds is 3. The van der Waals surface area contributed by atoms with Gasteiger partial charge in [-0.05, 0) is 12.1 Å². The molecule has 3 rings (SSSR count). The highest BCUT2D eigenvalue weighted by molar-refractivity contribution is 7.99. The van der Waals surface area contributed by atoms with Crippen molar-refractivity contribution in [2.24, 2.45) is 0 Å². The van der Waals surface area contributed by atoms with Crippen LogP contribution in [0.5, 0.6) is 0 Å². The molecule has 0 saturated carbocycles. The van der Waals surface area contributed by atoms with Gasteiger partial charge in [0.25, 0.3) is 11.6 Å². The zero-order chi connectivity index (χ0) is 16.4. The van der Waals surface area contributed by atoms with Gasteiger partial charge in [0, 0.05) is 42.4 Å². The molecule has 1 atom stereocenters. The molecular formula is C15H12ClN3O3S. The molecular weight excluding hydrogens is 338 g/mol. The summed E-state index contributed by atoms with van der Waals surface area (Å²) in [6.45, 7) is 0.594. The number of carbonyl (C=O) groups is 1. The van der Waals surface area contributed by atoms with Gasteiger partial charge < -0.3 is 4.90 Å². The fourth-order valence-electron chi connectivity index (χ4n) is 2.42. The van der Waals surface area contributed by atoms with Crippen molar-refractivity contribution in [3.63, 3.8) is 0 Å². The average molecular weight is 350 g/mol. The number of pyridine rings is 1. The molecule has 1 aromatic heterocycles. The summed E-state index contributed by atoms with van der Waals surface area (Å²) in [4.78, 5) is 28.8. The van der Waals surface area contributed by atoms with Crippen LogP contribution in [0, 0.1) is 10.1 Å². The predicted molar refractivity (Wildman–Crippen MR) is 88.6 cm³/mol. The van der Waals surface area contributed by atoms with Crippen LogP contribution >= 0.6 is 23.4 Å². The zero-order valence-corrected chi connectivity index (χ0v) is 13.5. The van der Waals surface area contributed by atoms with Gasteiger partial charge >= 0.3 is 0 Å². The molecule has 0 bridgehead atoms. The Labute approximate surface area is 141 Å². The zero-order valence-electron chi connectivity index (χ0n) is 11.9. The van der Waals surface area contributed by atoms with E-state index in [4.69, 9.17) is 11.6 Å². The number of nitro groups is 1. The van der Waals surface area contributed by atoms with Crippen LogP contribution in [0.25, 0.3) is 0 Å². The highest BCUT2D eigenvalue weighted by Crippen LogP contribution is 2.39. The van der Waals surface area contributed by atoms with Gasteiger partial charge in [0.05, 0.1) is 15.5 Å². The molecule has 6 nitrogen and oxygen atoms in total. The number of thioether (sulfide) groups is 1. The summed E-state index contributed by atoms with van der Waals surface area (Å²) in [7, 11) is 0. The number of amides is 1.